The Morgan fingerprint density at radius 3 is 2.69 bits per heavy atom. The van der Waals surface area contributed by atoms with Gasteiger partial charge in [-0.2, -0.15) is 5.10 Å². The first kappa shape index (κ1) is 19.8. The van der Waals surface area contributed by atoms with Crippen LogP contribution < -0.4 is 0 Å². The molecule has 0 spiro atoms. The van der Waals surface area contributed by atoms with Crippen LogP contribution in [0.1, 0.15) is 29.1 Å². The first-order valence-electron chi connectivity index (χ1n) is 10.1. The minimum atomic E-state index is 0.109. The highest BCUT2D eigenvalue weighted by atomic mass is 32.1. The van der Waals surface area contributed by atoms with E-state index in [0.29, 0.717) is 6.54 Å². The average molecular weight is 410 g/mol. The zero-order valence-corrected chi connectivity index (χ0v) is 17.8. The van der Waals surface area contributed by atoms with Crippen molar-refractivity contribution in [2.75, 3.05) is 20.1 Å². The molecule has 1 aliphatic rings. The van der Waals surface area contributed by atoms with E-state index in [1.807, 2.05) is 66.3 Å². The SMILES string of the molecule is Cc1nc(CN2CCC(C(=O)N(C)Cc3cnn(-c4ccccc4)c3)CC2)cs1. The first-order valence-corrected chi connectivity index (χ1v) is 10.9. The number of likely N-dealkylation sites (tertiary alicyclic amines) is 1. The molecule has 152 valence electrons. The third-order valence-corrected chi connectivity index (χ3v) is 6.26. The summed E-state index contributed by atoms with van der Waals surface area (Å²) in [6.45, 7) is 5.42. The summed E-state index contributed by atoms with van der Waals surface area (Å²) in [6, 6.07) is 10.0. The van der Waals surface area contributed by atoms with E-state index in [2.05, 4.69) is 20.4 Å². The number of nitrogens with zero attached hydrogens (tertiary/aromatic N) is 5. The van der Waals surface area contributed by atoms with Gasteiger partial charge in [0.25, 0.3) is 0 Å². The van der Waals surface area contributed by atoms with Gasteiger partial charge in [-0.05, 0) is 45.0 Å². The van der Waals surface area contributed by atoms with Crippen LogP contribution in [0.3, 0.4) is 0 Å². The number of amides is 1. The Bertz CT molecular complexity index is 943. The molecule has 2 aromatic heterocycles. The maximum Gasteiger partial charge on any atom is 0.225 e. The van der Waals surface area contributed by atoms with E-state index in [1.54, 1.807) is 11.3 Å². The second-order valence-electron chi connectivity index (χ2n) is 7.73. The molecule has 1 amide bonds. The van der Waals surface area contributed by atoms with Crippen molar-refractivity contribution in [2.45, 2.75) is 32.9 Å². The molecule has 3 heterocycles. The number of carbonyl (C=O) groups excluding carboxylic acids is 1. The van der Waals surface area contributed by atoms with Gasteiger partial charge in [0.05, 0.1) is 22.6 Å². The third kappa shape index (κ3) is 4.92. The van der Waals surface area contributed by atoms with Gasteiger partial charge in [0.1, 0.15) is 0 Å². The molecule has 0 N–H and O–H groups in total. The standard InChI is InChI=1S/C22H27N5OS/c1-17-24-20(16-29-17)15-26-10-8-19(9-11-26)22(28)25(2)13-18-12-23-27(14-18)21-6-4-3-5-7-21/h3-7,12,14,16,19H,8-11,13,15H2,1-2H3. The third-order valence-electron chi connectivity index (χ3n) is 5.44. The Morgan fingerprint density at radius 2 is 2.00 bits per heavy atom. The van der Waals surface area contributed by atoms with E-state index in [0.717, 1.165) is 54.4 Å². The molecule has 0 bridgehead atoms. The lowest BCUT2D eigenvalue weighted by Crippen LogP contribution is -2.40. The van der Waals surface area contributed by atoms with E-state index in [-0.39, 0.29) is 11.8 Å². The van der Waals surface area contributed by atoms with Gasteiger partial charge < -0.3 is 4.90 Å². The van der Waals surface area contributed by atoms with Crippen molar-refractivity contribution < 1.29 is 4.79 Å². The lowest BCUT2D eigenvalue weighted by Gasteiger charge is -2.32. The van der Waals surface area contributed by atoms with E-state index >= 15 is 0 Å². The molecule has 1 aromatic carbocycles. The molecule has 0 atom stereocenters. The number of hydrogen-bond donors (Lipinski definition) is 0. The zero-order chi connectivity index (χ0) is 20.2. The van der Waals surface area contributed by atoms with Crippen LogP contribution in [0.15, 0.2) is 48.1 Å². The second kappa shape index (κ2) is 8.88. The quantitative estimate of drug-likeness (QED) is 0.625. The van der Waals surface area contributed by atoms with Crippen LogP contribution in [0.5, 0.6) is 0 Å². The van der Waals surface area contributed by atoms with Crippen LogP contribution >= 0.6 is 11.3 Å². The van der Waals surface area contributed by atoms with Crippen molar-refractivity contribution in [1.82, 2.24) is 24.6 Å². The Morgan fingerprint density at radius 1 is 1.24 bits per heavy atom. The summed E-state index contributed by atoms with van der Waals surface area (Å²) in [4.78, 5) is 21.7. The molecule has 0 radical (unpaired) electrons. The van der Waals surface area contributed by atoms with Crippen LogP contribution in [0.25, 0.3) is 5.69 Å². The van der Waals surface area contributed by atoms with Crippen molar-refractivity contribution in [1.29, 1.82) is 0 Å². The van der Waals surface area contributed by atoms with Gasteiger partial charge in [-0.15, -0.1) is 11.3 Å². The van der Waals surface area contributed by atoms with Crippen molar-refractivity contribution in [3.05, 3.63) is 64.4 Å². The van der Waals surface area contributed by atoms with Crippen LogP contribution in [0, 0.1) is 12.8 Å². The normalized spacial score (nSPS) is 15.5. The minimum Gasteiger partial charge on any atom is -0.341 e. The summed E-state index contributed by atoms with van der Waals surface area (Å²) >= 11 is 1.70. The monoisotopic (exact) mass is 409 g/mol. The molecule has 7 heteroatoms. The lowest BCUT2D eigenvalue weighted by atomic mass is 9.95. The fraction of sp³-hybridized carbons (Fsp3) is 0.409. The molecular weight excluding hydrogens is 382 g/mol. The first-order chi connectivity index (χ1) is 14.1. The van der Waals surface area contributed by atoms with Crippen LogP contribution in [-0.4, -0.2) is 50.6 Å². The highest BCUT2D eigenvalue weighted by molar-refractivity contribution is 7.09. The van der Waals surface area contributed by atoms with Crippen molar-refractivity contribution in [3.8, 4) is 5.69 Å². The molecule has 1 fully saturated rings. The number of aromatic nitrogens is 3. The van der Waals surface area contributed by atoms with Gasteiger partial charge in [0, 0.05) is 43.2 Å². The number of benzene rings is 1. The minimum absolute atomic E-state index is 0.109. The van der Waals surface area contributed by atoms with Crippen LogP contribution in [0.2, 0.25) is 0 Å². The van der Waals surface area contributed by atoms with Gasteiger partial charge in [0.2, 0.25) is 5.91 Å². The Hall–Kier alpha value is -2.51. The number of para-hydroxylation sites is 1. The summed E-state index contributed by atoms with van der Waals surface area (Å²) < 4.78 is 1.85. The number of hydrogen-bond acceptors (Lipinski definition) is 5. The maximum absolute atomic E-state index is 12.9. The van der Waals surface area contributed by atoms with Gasteiger partial charge in [-0.3, -0.25) is 9.69 Å². The van der Waals surface area contributed by atoms with Gasteiger partial charge in [-0.1, -0.05) is 18.2 Å². The van der Waals surface area contributed by atoms with E-state index in [9.17, 15) is 4.79 Å². The molecule has 0 unspecified atom stereocenters. The summed E-state index contributed by atoms with van der Waals surface area (Å²) in [5.74, 6) is 0.346. The topological polar surface area (TPSA) is 54.3 Å². The summed E-state index contributed by atoms with van der Waals surface area (Å²) in [6.07, 6.45) is 5.66. The predicted octanol–water partition coefficient (Wildman–Crippen LogP) is 3.51. The van der Waals surface area contributed by atoms with E-state index < -0.39 is 0 Å². The average Bonchev–Trinajstić information content (AvgIpc) is 3.37. The number of thiazole rings is 1. The van der Waals surface area contributed by atoms with Gasteiger partial charge >= 0.3 is 0 Å². The molecule has 3 aromatic rings. The van der Waals surface area contributed by atoms with Crippen molar-refractivity contribution in [2.24, 2.45) is 5.92 Å². The molecule has 4 rings (SSSR count). The summed E-state index contributed by atoms with van der Waals surface area (Å²) in [5, 5.41) is 7.68. The number of aryl methyl sites for hydroxylation is 1. The van der Waals surface area contributed by atoms with Crippen LogP contribution in [0.4, 0.5) is 0 Å². The largest absolute Gasteiger partial charge is 0.341 e. The predicted molar refractivity (Wildman–Crippen MR) is 115 cm³/mol. The maximum atomic E-state index is 12.9. The Kier molecular flexibility index (Phi) is 6.06. The van der Waals surface area contributed by atoms with Crippen molar-refractivity contribution >= 4 is 17.2 Å². The van der Waals surface area contributed by atoms with Crippen molar-refractivity contribution in [3.63, 3.8) is 0 Å². The molecule has 29 heavy (non-hydrogen) atoms. The summed E-state index contributed by atoms with van der Waals surface area (Å²) in [7, 11) is 1.90. The lowest BCUT2D eigenvalue weighted by molar-refractivity contribution is -0.136. The Labute approximate surface area is 175 Å². The molecule has 0 saturated carbocycles. The number of rotatable bonds is 6. The Balaban J connectivity index is 1.28. The zero-order valence-electron chi connectivity index (χ0n) is 17.0. The highest BCUT2D eigenvalue weighted by Crippen LogP contribution is 2.22. The number of piperidine rings is 1. The van der Waals surface area contributed by atoms with Crippen LogP contribution in [-0.2, 0) is 17.9 Å². The highest BCUT2D eigenvalue weighted by Gasteiger charge is 2.27. The molecular formula is C22H27N5OS. The number of carbonyl (C=O) groups is 1. The molecule has 1 saturated heterocycles. The fourth-order valence-corrected chi connectivity index (χ4v) is 4.48. The fourth-order valence-electron chi connectivity index (χ4n) is 3.88. The van der Waals surface area contributed by atoms with E-state index in [4.69, 9.17) is 0 Å². The van der Waals surface area contributed by atoms with Gasteiger partial charge in [0.15, 0.2) is 0 Å². The molecule has 6 nitrogen and oxygen atoms in total. The van der Waals surface area contributed by atoms with E-state index in [1.165, 1.54) is 0 Å². The molecule has 1 aliphatic heterocycles. The second-order valence-corrected chi connectivity index (χ2v) is 8.79. The van der Waals surface area contributed by atoms with Gasteiger partial charge in [-0.25, -0.2) is 9.67 Å². The summed E-state index contributed by atoms with van der Waals surface area (Å²) in [5.41, 5.74) is 3.21. The molecule has 0 aliphatic carbocycles. The smallest absolute Gasteiger partial charge is 0.225 e.